The van der Waals surface area contributed by atoms with Crippen LogP contribution < -0.4 is 10.1 Å². The van der Waals surface area contributed by atoms with E-state index in [0.29, 0.717) is 18.1 Å². The lowest BCUT2D eigenvalue weighted by Crippen LogP contribution is -2.05. The molecule has 0 aliphatic heterocycles. The largest absolute Gasteiger partial charge is 0.453 e. The second-order valence-corrected chi connectivity index (χ2v) is 6.06. The number of anilines is 1. The fourth-order valence-electron chi connectivity index (χ4n) is 2.71. The van der Waals surface area contributed by atoms with Gasteiger partial charge >= 0.3 is 0 Å². The number of fused-ring (bicyclic) bond motifs is 1. The highest BCUT2D eigenvalue weighted by Crippen LogP contribution is 2.25. The molecule has 4 rings (SSSR count). The number of halogens is 1. The van der Waals surface area contributed by atoms with Gasteiger partial charge in [0.05, 0.1) is 22.9 Å². The number of aromatic nitrogens is 3. The molecule has 0 atom stereocenters. The van der Waals surface area contributed by atoms with Gasteiger partial charge in [-0.25, -0.2) is 14.4 Å². The Kier molecular flexibility index (Phi) is 4.61. The second kappa shape index (κ2) is 7.37. The summed E-state index contributed by atoms with van der Waals surface area (Å²) in [5, 5.41) is 3.23. The first kappa shape index (κ1) is 16.9. The summed E-state index contributed by atoms with van der Waals surface area (Å²) in [5.41, 5.74) is 3.24. The molecule has 0 saturated heterocycles. The van der Waals surface area contributed by atoms with Gasteiger partial charge in [0.1, 0.15) is 11.6 Å². The summed E-state index contributed by atoms with van der Waals surface area (Å²) in [7, 11) is 0. The first-order valence-corrected chi connectivity index (χ1v) is 8.52. The van der Waals surface area contributed by atoms with E-state index < -0.39 is 5.82 Å². The first-order valence-electron chi connectivity index (χ1n) is 8.52. The fraction of sp³-hybridized carbons (Fsp3) is 0.0952. The summed E-state index contributed by atoms with van der Waals surface area (Å²) in [5.74, 6) is 0.905. The zero-order valence-corrected chi connectivity index (χ0v) is 14.7. The third-order valence-electron chi connectivity index (χ3n) is 4.06. The maximum absolute atomic E-state index is 14.3. The van der Waals surface area contributed by atoms with E-state index in [4.69, 9.17) is 4.74 Å². The Balaban J connectivity index is 1.49. The van der Waals surface area contributed by atoms with Gasteiger partial charge < -0.3 is 10.1 Å². The van der Waals surface area contributed by atoms with Crippen molar-refractivity contribution in [1.82, 2.24) is 15.0 Å². The van der Waals surface area contributed by atoms with Gasteiger partial charge in [0.2, 0.25) is 0 Å². The average Bonchev–Trinajstić information content (AvgIpc) is 2.69. The highest BCUT2D eigenvalue weighted by Gasteiger charge is 2.08. The molecule has 2 aromatic heterocycles. The highest BCUT2D eigenvalue weighted by atomic mass is 19.1. The number of ether oxygens (including phenoxy) is 1. The van der Waals surface area contributed by atoms with Crippen LogP contribution in [0.25, 0.3) is 11.0 Å². The minimum Gasteiger partial charge on any atom is -0.453 e. The minimum absolute atomic E-state index is 0.161. The summed E-state index contributed by atoms with van der Waals surface area (Å²) in [6.45, 7) is 2.32. The number of pyridine rings is 1. The van der Waals surface area contributed by atoms with Gasteiger partial charge in [-0.3, -0.25) is 4.98 Å². The molecule has 27 heavy (non-hydrogen) atoms. The summed E-state index contributed by atoms with van der Waals surface area (Å²) >= 11 is 0. The lowest BCUT2D eigenvalue weighted by Gasteiger charge is -2.11. The minimum atomic E-state index is -0.431. The number of rotatable bonds is 5. The zero-order chi connectivity index (χ0) is 18.6. The molecule has 2 heterocycles. The average molecular weight is 360 g/mol. The summed E-state index contributed by atoms with van der Waals surface area (Å²) in [6.07, 6.45) is 3.17. The number of para-hydroxylation sites is 2. The van der Waals surface area contributed by atoms with Crippen molar-refractivity contribution in [2.45, 2.75) is 13.5 Å². The van der Waals surface area contributed by atoms with Crippen molar-refractivity contribution in [3.63, 3.8) is 0 Å². The number of aryl methyl sites for hydroxylation is 1. The third kappa shape index (κ3) is 3.84. The Labute approximate surface area is 155 Å². The Morgan fingerprint density at radius 2 is 1.81 bits per heavy atom. The molecule has 0 amide bonds. The molecular formula is C21H17FN4O. The van der Waals surface area contributed by atoms with Gasteiger partial charge in [-0.2, -0.15) is 0 Å². The molecule has 0 bridgehead atoms. The molecular weight excluding hydrogens is 343 g/mol. The number of nitrogens with zero attached hydrogens (tertiary/aromatic N) is 3. The van der Waals surface area contributed by atoms with Crippen LogP contribution >= 0.6 is 0 Å². The van der Waals surface area contributed by atoms with Crippen molar-refractivity contribution in [3.8, 4) is 11.5 Å². The normalized spacial score (nSPS) is 10.7. The molecule has 4 aromatic rings. The van der Waals surface area contributed by atoms with Crippen molar-refractivity contribution in [2.24, 2.45) is 0 Å². The third-order valence-corrected chi connectivity index (χ3v) is 4.06. The summed E-state index contributed by atoms with van der Waals surface area (Å²) in [4.78, 5) is 13.1. The molecule has 134 valence electrons. The predicted molar refractivity (Wildman–Crippen MR) is 102 cm³/mol. The maximum atomic E-state index is 14.3. The number of hydrogen-bond acceptors (Lipinski definition) is 5. The van der Waals surface area contributed by atoms with Gasteiger partial charge in [0.25, 0.3) is 0 Å². The van der Waals surface area contributed by atoms with Crippen LogP contribution in [0.4, 0.5) is 10.2 Å². The van der Waals surface area contributed by atoms with Crippen LogP contribution in [0, 0.1) is 12.7 Å². The summed E-state index contributed by atoms with van der Waals surface area (Å²) < 4.78 is 19.9. The zero-order valence-electron chi connectivity index (χ0n) is 14.7. The van der Waals surface area contributed by atoms with Gasteiger partial charge in [0, 0.05) is 12.7 Å². The van der Waals surface area contributed by atoms with Crippen molar-refractivity contribution in [2.75, 3.05) is 5.32 Å². The maximum Gasteiger partial charge on any atom is 0.166 e. The standard InChI is InChI=1S/C21H17FN4O/c1-14-21(26-19-7-3-2-6-18(19)25-14)24-12-15-8-9-20(17(22)11-15)27-16-5-4-10-23-13-16/h2-11,13H,12H2,1H3,(H,24,26). The van der Waals surface area contributed by atoms with E-state index in [9.17, 15) is 4.39 Å². The van der Waals surface area contributed by atoms with Crippen LogP contribution in [0.1, 0.15) is 11.3 Å². The molecule has 0 fully saturated rings. The van der Waals surface area contributed by atoms with Gasteiger partial charge in [-0.15, -0.1) is 0 Å². The van der Waals surface area contributed by atoms with E-state index in [-0.39, 0.29) is 5.75 Å². The van der Waals surface area contributed by atoms with Crippen molar-refractivity contribution in [1.29, 1.82) is 0 Å². The van der Waals surface area contributed by atoms with E-state index in [1.807, 2.05) is 37.3 Å². The molecule has 5 nitrogen and oxygen atoms in total. The van der Waals surface area contributed by atoms with Crippen LogP contribution in [0.15, 0.2) is 67.0 Å². The Morgan fingerprint density at radius 3 is 2.56 bits per heavy atom. The van der Waals surface area contributed by atoms with Crippen molar-refractivity contribution < 1.29 is 9.13 Å². The van der Waals surface area contributed by atoms with Gasteiger partial charge in [-0.1, -0.05) is 18.2 Å². The highest BCUT2D eigenvalue weighted by molar-refractivity contribution is 5.76. The molecule has 0 radical (unpaired) electrons. The molecule has 2 aromatic carbocycles. The van der Waals surface area contributed by atoms with E-state index in [0.717, 1.165) is 22.3 Å². The second-order valence-electron chi connectivity index (χ2n) is 6.06. The number of hydrogen-bond donors (Lipinski definition) is 1. The van der Waals surface area contributed by atoms with Crippen LogP contribution in [0.2, 0.25) is 0 Å². The van der Waals surface area contributed by atoms with Gasteiger partial charge in [-0.05, 0) is 48.9 Å². The Bertz CT molecular complexity index is 1090. The SMILES string of the molecule is Cc1nc2ccccc2nc1NCc1ccc(Oc2cccnc2)c(F)c1. The van der Waals surface area contributed by atoms with Crippen LogP contribution in [-0.4, -0.2) is 15.0 Å². The Morgan fingerprint density at radius 1 is 1.00 bits per heavy atom. The topological polar surface area (TPSA) is 59.9 Å². The molecule has 6 heteroatoms. The molecule has 0 aliphatic rings. The van der Waals surface area contributed by atoms with E-state index in [2.05, 4.69) is 20.3 Å². The van der Waals surface area contributed by atoms with Crippen molar-refractivity contribution in [3.05, 3.63) is 84.1 Å². The Hall–Kier alpha value is -3.54. The smallest absolute Gasteiger partial charge is 0.166 e. The molecule has 0 spiro atoms. The molecule has 0 unspecified atom stereocenters. The van der Waals surface area contributed by atoms with Gasteiger partial charge in [0.15, 0.2) is 11.6 Å². The summed E-state index contributed by atoms with van der Waals surface area (Å²) in [6, 6.07) is 16.0. The molecule has 0 aliphatic carbocycles. The van der Waals surface area contributed by atoms with E-state index in [1.165, 1.54) is 12.3 Å². The lowest BCUT2D eigenvalue weighted by atomic mass is 10.2. The first-order chi connectivity index (χ1) is 13.2. The van der Waals surface area contributed by atoms with E-state index >= 15 is 0 Å². The van der Waals surface area contributed by atoms with E-state index in [1.54, 1.807) is 24.4 Å². The fourth-order valence-corrected chi connectivity index (χ4v) is 2.71. The van der Waals surface area contributed by atoms with Crippen LogP contribution in [0.5, 0.6) is 11.5 Å². The van der Waals surface area contributed by atoms with Crippen molar-refractivity contribution >= 4 is 16.9 Å². The number of nitrogens with one attached hydrogen (secondary N) is 1. The monoisotopic (exact) mass is 360 g/mol. The lowest BCUT2D eigenvalue weighted by molar-refractivity contribution is 0.440. The van der Waals surface area contributed by atoms with Crippen LogP contribution in [-0.2, 0) is 6.54 Å². The predicted octanol–water partition coefficient (Wildman–Crippen LogP) is 4.88. The van der Waals surface area contributed by atoms with Crippen LogP contribution in [0.3, 0.4) is 0 Å². The molecule has 1 N–H and O–H groups in total. The molecule has 0 saturated carbocycles. The quantitative estimate of drug-likeness (QED) is 0.550. The number of benzene rings is 2.